The topological polar surface area (TPSA) is 101 Å². The Morgan fingerprint density at radius 1 is 0.882 bits per heavy atom. The second-order valence-corrected chi connectivity index (χ2v) is 10.2. The molecule has 1 fully saturated rings. The van der Waals surface area contributed by atoms with E-state index in [4.69, 9.17) is 0 Å². The smallest absolute Gasteiger partial charge is 0.248 e. The molecule has 1 atom stereocenters. The van der Waals surface area contributed by atoms with Crippen LogP contribution in [0.3, 0.4) is 0 Å². The van der Waals surface area contributed by atoms with Crippen molar-refractivity contribution >= 4 is 26.7 Å². The van der Waals surface area contributed by atoms with E-state index in [1.54, 1.807) is 17.0 Å². The van der Waals surface area contributed by atoms with Crippen LogP contribution in [0.25, 0.3) is 10.8 Å². The Morgan fingerprint density at radius 3 is 2.29 bits per heavy atom. The summed E-state index contributed by atoms with van der Waals surface area (Å²) in [7, 11) is -3.66. The van der Waals surface area contributed by atoms with Crippen molar-refractivity contribution < 1.29 is 13.2 Å². The van der Waals surface area contributed by atoms with Crippen LogP contribution in [-0.2, 0) is 21.2 Å². The zero-order chi connectivity index (χ0) is 23.5. The van der Waals surface area contributed by atoms with Crippen LogP contribution >= 0.6 is 0 Å². The molecule has 1 amide bonds. The number of sulfonamides is 1. The van der Waals surface area contributed by atoms with Gasteiger partial charge in [0.1, 0.15) is 12.4 Å². The minimum absolute atomic E-state index is 0.126. The molecule has 9 nitrogen and oxygen atoms in total. The van der Waals surface area contributed by atoms with Crippen molar-refractivity contribution in [1.82, 2.24) is 29.4 Å². The Kier molecular flexibility index (Phi) is 6.08. The number of hydrogen-bond donors (Lipinski definition) is 0. The molecule has 0 aliphatic carbocycles. The maximum Gasteiger partial charge on any atom is 0.248 e. The molecule has 1 aliphatic rings. The van der Waals surface area contributed by atoms with Gasteiger partial charge in [-0.15, -0.1) is 5.10 Å². The highest BCUT2D eigenvalue weighted by molar-refractivity contribution is 7.89. The van der Waals surface area contributed by atoms with E-state index in [-0.39, 0.29) is 23.9 Å². The average Bonchev–Trinajstić information content (AvgIpc) is 3.42. The summed E-state index contributed by atoms with van der Waals surface area (Å²) >= 11 is 0. The van der Waals surface area contributed by atoms with Gasteiger partial charge < -0.3 is 4.90 Å². The van der Waals surface area contributed by atoms with Gasteiger partial charge in [-0.3, -0.25) is 4.79 Å². The van der Waals surface area contributed by atoms with E-state index >= 15 is 0 Å². The molecule has 1 saturated heterocycles. The first-order chi connectivity index (χ1) is 16.5. The molecule has 0 bridgehead atoms. The minimum atomic E-state index is -3.66. The van der Waals surface area contributed by atoms with E-state index in [0.717, 1.165) is 16.3 Å². The summed E-state index contributed by atoms with van der Waals surface area (Å²) in [4.78, 5) is 15.4. The van der Waals surface area contributed by atoms with E-state index < -0.39 is 16.1 Å². The summed E-state index contributed by atoms with van der Waals surface area (Å²) in [6.07, 6.45) is 1.88. The number of rotatable bonds is 6. The lowest BCUT2D eigenvalue weighted by Crippen LogP contribution is -2.52. The van der Waals surface area contributed by atoms with Crippen molar-refractivity contribution in [2.24, 2.45) is 0 Å². The van der Waals surface area contributed by atoms with Gasteiger partial charge in [0.2, 0.25) is 15.9 Å². The van der Waals surface area contributed by atoms with Gasteiger partial charge >= 0.3 is 0 Å². The second kappa shape index (κ2) is 9.32. The molecule has 174 valence electrons. The van der Waals surface area contributed by atoms with Gasteiger partial charge in [0, 0.05) is 32.6 Å². The van der Waals surface area contributed by atoms with Gasteiger partial charge in [0.25, 0.3) is 0 Å². The third-order valence-corrected chi connectivity index (χ3v) is 8.04. The fourth-order valence-electron chi connectivity index (χ4n) is 4.28. The lowest BCUT2D eigenvalue weighted by molar-refractivity contribution is -0.136. The molecule has 0 spiro atoms. The number of tetrazole rings is 1. The van der Waals surface area contributed by atoms with Crippen molar-refractivity contribution in [2.75, 3.05) is 26.2 Å². The SMILES string of the molecule is O=C(C(Cc1ccccc1)n1cnnn1)N1CCN(S(=O)(=O)c2ccc3ccccc3c2)CC1. The first-order valence-corrected chi connectivity index (χ1v) is 12.5. The van der Waals surface area contributed by atoms with Crippen molar-refractivity contribution in [3.8, 4) is 0 Å². The third-order valence-electron chi connectivity index (χ3n) is 6.15. The Balaban J connectivity index is 1.30. The molecular formula is C24H24N6O3S. The fourth-order valence-corrected chi connectivity index (χ4v) is 5.74. The molecule has 10 heteroatoms. The number of aromatic nitrogens is 4. The van der Waals surface area contributed by atoms with Crippen LogP contribution < -0.4 is 0 Å². The van der Waals surface area contributed by atoms with Crippen LogP contribution in [-0.4, -0.2) is 69.9 Å². The standard InChI is InChI=1S/C24H24N6O3S/c31-24(23(30-18-25-26-27-30)16-19-6-2-1-3-7-19)28-12-14-29(15-13-28)34(32,33)22-11-10-20-8-4-5-9-21(20)17-22/h1-11,17-18,23H,12-16H2. The molecule has 1 aromatic heterocycles. The van der Waals surface area contributed by atoms with Gasteiger partial charge in [-0.25, -0.2) is 13.1 Å². The number of piperazine rings is 1. The van der Waals surface area contributed by atoms with Gasteiger partial charge in [0.05, 0.1) is 4.90 Å². The van der Waals surface area contributed by atoms with Gasteiger partial charge in [-0.05, 0) is 38.9 Å². The number of benzene rings is 3. The van der Waals surface area contributed by atoms with E-state index in [1.165, 1.54) is 15.3 Å². The fraction of sp³-hybridized carbons (Fsp3) is 0.250. The number of hydrogen-bond acceptors (Lipinski definition) is 6. The molecular weight excluding hydrogens is 452 g/mol. The van der Waals surface area contributed by atoms with Gasteiger partial charge in [-0.2, -0.15) is 4.31 Å². The molecule has 3 aromatic carbocycles. The zero-order valence-electron chi connectivity index (χ0n) is 18.4. The molecule has 4 aromatic rings. The number of carbonyl (C=O) groups is 1. The van der Waals surface area contributed by atoms with Gasteiger partial charge in [-0.1, -0.05) is 60.7 Å². The van der Waals surface area contributed by atoms with E-state index in [0.29, 0.717) is 19.5 Å². The molecule has 0 N–H and O–H groups in total. The quantitative estimate of drug-likeness (QED) is 0.423. The molecule has 0 saturated carbocycles. The van der Waals surface area contributed by atoms with E-state index in [1.807, 2.05) is 60.7 Å². The van der Waals surface area contributed by atoms with Gasteiger partial charge in [0.15, 0.2) is 0 Å². The summed E-state index contributed by atoms with van der Waals surface area (Å²) in [5.41, 5.74) is 0.994. The molecule has 5 rings (SSSR count). The normalized spacial score (nSPS) is 15.9. The van der Waals surface area contributed by atoms with Crippen LogP contribution in [0.1, 0.15) is 11.6 Å². The molecule has 2 heterocycles. The lowest BCUT2D eigenvalue weighted by atomic mass is 10.0. The second-order valence-electron chi connectivity index (χ2n) is 8.23. The number of nitrogens with zero attached hydrogens (tertiary/aromatic N) is 6. The number of carbonyl (C=O) groups excluding carboxylic acids is 1. The van der Waals surface area contributed by atoms with E-state index in [2.05, 4.69) is 15.5 Å². The highest BCUT2D eigenvalue weighted by atomic mass is 32.2. The molecule has 0 radical (unpaired) electrons. The highest BCUT2D eigenvalue weighted by Gasteiger charge is 2.33. The monoisotopic (exact) mass is 476 g/mol. The molecule has 1 aliphatic heterocycles. The predicted octanol–water partition coefficient (Wildman–Crippen LogP) is 2.14. The first kappa shape index (κ1) is 22.2. The number of amides is 1. The summed E-state index contributed by atoms with van der Waals surface area (Å²) in [5, 5.41) is 13.2. The first-order valence-electron chi connectivity index (χ1n) is 11.1. The molecule has 1 unspecified atom stereocenters. The Bertz CT molecular complexity index is 1380. The van der Waals surface area contributed by atoms with Crippen molar-refractivity contribution in [3.63, 3.8) is 0 Å². The summed E-state index contributed by atoms with van der Waals surface area (Å²) in [6, 6.07) is 21.9. The van der Waals surface area contributed by atoms with Crippen LogP contribution in [0.5, 0.6) is 0 Å². The summed E-state index contributed by atoms with van der Waals surface area (Å²) in [6.45, 7) is 1.07. The Labute approximate surface area is 197 Å². The van der Waals surface area contributed by atoms with Crippen LogP contribution in [0.15, 0.2) is 84.0 Å². The number of fused-ring (bicyclic) bond motifs is 1. The van der Waals surface area contributed by atoms with Crippen molar-refractivity contribution in [3.05, 3.63) is 84.7 Å². The lowest BCUT2D eigenvalue weighted by Gasteiger charge is -2.35. The largest absolute Gasteiger partial charge is 0.338 e. The Hall–Kier alpha value is -3.63. The highest BCUT2D eigenvalue weighted by Crippen LogP contribution is 2.24. The summed E-state index contributed by atoms with van der Waals surface area (Å²) in [5.74, 6) is -0.126. The minimum Gasteiger partial charge on any atom is -0.338 e. The maximum atomic E-state index is 13.4. The third kappa shape index (κ3) is 4.42. The van der Waals surface area contributed by atoms with E-state index in [9.17, 15) is 13.2 Å². The van der Waals surface area contributed by atoms with Crippen molar-refractivity contribution in [1.29, 1.82) is 0 Å². The molecule has 34 heavy (non-hydrogen) atoms. The van der Waals surface area contributed by atoms with Crippen molar-refractivity contribution in [2.45, 2.75) is 17.4 Å². The Morgan fingerprint density at radius 2 is 1.59 bits per heavy atom. The van der Waals surface area contributed by atoms with Crippen LogP contribution in [0.2, 0.25) is 0 Å². The average molecular weight is 477 g/mol. The maximum absolute atomic E-state index is 13.4. The predicted molar refractivity (Wildman–Crippen MR) is 126 cm³/mol. The zero-order valence-corrected chi connectivity index (χ0v) is 19.3. The summed E-state index contributed by atoms with van der Waals surface area (Å²) < 4.78 is 29.4. The van der Waals surface area contributed by atoms with Crippen LogP contribution in [0, 0.1) is 0 Å². The van der Waals surface area contributed by atoms with Crippen LogP contribution in [0.4, 0.5) is 0 Å².